The van der Waals surface area contributed by atoms with Crippen LogP contribution in [0.25, 0.3) is 16.6 Å². The highest BCUT2D eigenvalue weighted by Gasteiger charge is 2.38. The molecule has 0 fully saturated rings. The van der Waals surface area contributed by atoms with Gasteiger partial charge in [-0.2, -0.15) is 0 Å². The second-order valence-electron chi connectivity index (χ2n) is 6.23. The number of halogens is 2. The maximum Gasteiger partial charge on any atom is 0.326 e. The molecule has 0 spiro atoms. The van der Waals surface area contributed by atoms with Crippen molar-refractivity contribution in [3.8, 4) is 0 Å². The van der Waals surface area contributed by atoms with Crippen LogP contribution in [0.5, 0.6) is 0 Å². The van der Waals surface area contributed by atoms with E-state index in [4.69, 9.17) is 23.2 Å². The first-order chi connectivity index (χ1) is 12.9. The van der Waals surface area contributed by atoms with Crippen LogP contribution in [0.15, 0.2) is 52.3 Å². The van der Waals surface area contributed by atoms with Crippen LogP contribution >= 0.6 is 23.2 Å². The first-order valence-electron chi connectivity index (χ1n) is 8.06. The number of aromatic amines is 1. The molecule has 0 bridgehead atoms. The molecule has 1 aliphatic heterocycles. The molecular weight excluding hydrogens is 389 g/mol. The number of benzene rings is 2. The van der Waals surface area contributed by atoms with Gasteiger partial charge in [-0.1, -0.05) is 41.4 Å². The van der Waals surface area contributed by atoms with E-state index >= 15 is 0 Å². The van der Waals surface area contributed by atoms with Crippen LogP contribution in [-0.4, -0.2) is 26.3 Å². The third-order valence-corrected chi connectivity index (χ3v) is 5.16. The van der Waals surface area contributed by atoms with Gasteiger partial charge in [-0.05, 0) is 35.4 Å². The average molecular weight is 402 g/mol. The summed E-state index contributed by atoms with van der Waals surface area (Å²) in [5.41, 5.74) is 2.54. The largest absolute Gasteiger partial charge is 0.326 e. The number of carbonyl (C=O) groups excluding carboxylic acids is 2. The summed E-state index contributed by atoms with van der Waals surface area (Å²) < 4.78 is 1.49. The van der Waals surface area contributed by atoms with Gasteiger partial charge in [-0.25, -0.2) is 4.79 Å². The predicted octanol–water partition coefficient (Wildman–Crippen LogP) is 3.04. The fourth-order valence-electron chi connectivity index (χ4n) is 3.12. The third kappa shape index (κ3) is 2.87. The molecule has 2 amide bonds. The summed E-state index contributed by atoms with van der Waals surface area (Å²) >= 11 is 12.0. The van der Waals surface area contributed by atoms with Gasteiger partial charge in [0.25, 0.3) is 11.8 Å². The van der Waals surface area contributed by atoms with Gasteiger partial charge in [0.1, 0.15) is 5.03 Å². The molecule has 1 aliphatic rings. The molecule has 0 saturated carbocycles. The van der Waals surface area contributed by atoms with Crippen molar-refractivity contribution in [1.82, 2.24) is 14.5 Å². The number of imidazole rings is 1. The number of nitrogens with zero attached hydrogens (tertiary/aromatic N) is 2. The molecule has 0 radical (unpaired) electrons. The second kappa shape index (κ2) is 6.40. The van der Waals surface area contributed by atoms with Gasteiger partial charge in [0.2, 0.25) is 0 Å². The number of fused-ring (bicyclic) bond motifs is 1. The van der Waals surface area contributed by atoms with Gasteiger partial charge >= 0.3 is 5.69 Å². The van der Waals surface area contributed by atoms with E-state index < -0.39 is 11.8 Å². The monoisotopic (exact) mass is 401 g/mol. The predicted molar refractivity (Wildman–Crippen MR) is 103 cm³/mol. The Bertz CT molecular complexity index is 1190. The van der Waals surface area contributed by atoms with Gasteiger partial charge in [0.15, 0.2) is 0 Å². The molecule has 0 saturated heterocycles. The van der Waals surface area contributed by atoms with Crippen molar-refractivity contribution in [3.63, 3.8) is 0 Å². The van der Waals surface area contributed by atoms with Crippen LogP contribution in [0, 0.1) is 0 Å². The van der Waals surface area contributed by atoms with Crippen LogP contribution < -0.4 is 5.69 Å². The standard InChI is InChI=1S/C19H13Cl2N3O3/c1-23-14-7-2-10(8-13(14)22-19(23)27)9-24-17(25)15(16(21)18(24)26)11-3-5-12(20)6-4-11/h2-8H,9H2,1H3,(H,22,27). The number of amides is 2. The highest BCUT2D eigenvalue weighted by molar-refractivity contribution is 6.55. The van der Waals surface area contributed by atoms with E-state index in [1.807, 2.05) is 0 Å². The number of aromatic nitrogens is 2. The molecule has 1 aromatic heterocycles. The zero-order chi connectivity index (χ0) is 19.3. The summed E-state index contributed by atoms with van der Waals surface area (Å²) in [6.45, 7) is 0.0534. The maximum atomic E-state index is 12.8. The lowest BCUT2D eigenvalue weighted by Crippen LogP contribution is -2.30. The Labute approximate surface area is 163 Å². The molecule has 2 aromatic carbocycles. The van der Waals surface area contributed by atoms with Crippen LogP contribution in [0.3, 0.4) is 0 Å². The Balaban J connectivity index is 1.66. The lowest BCUT2D eigenvalue weighted by atomic mass is 10.1. The SMILES string of the molecule is Cn1c(=O)[nH]c2cc(CN3C(=O)C(Cl)=C(c4ccc(Cl)cc4)C3=O)ccc21. The smallest absolute Gasteiger partial charge is 0.306 e. The summed E-state index contributed by atoms with van der Waals surface area (Å²) in [5, 5.41) is 0.408. The number of aryl methyl sites for hydroxylation is 1. The molecule has 4 rings (SSSR count). The molecule has 6 nitrogen and oxygen atoms in total. The van der Waals surface area contributed by atoms with Crippen molar-refractivity contribution in [2.24, 2.45) is 7.05 Å². The van der Waals surface area contributed by atoms with Crippen molar-refractivity contribution >= 4 is 51.6 Å². The van der Waals surface area contributed by atoms with Gasteiger partial charge in [-0.3, -0.25) is 19.1 Å². The van der Waals surface area contributed by atoms with Crippen molar-refractivity contribution in [3.05, 3.63) is 74.1 Å². The van der Waals surface area contributed by atoms with E-state index in [1.165, 1.54) is 4.57 Å². The molecule has 136 valence electrons. The number of nitrogens with one attached hydrogen (secondary N) is 1. The summed E-state index contributed by atoms with van der Waals surface area (Å²) in [5.74, 6) is -1.01. The number of hydrogen-bond donors (Lipinski definition) is 1. The minimum atomic E-state index is -0.548. The van der Waals surface area contributed by atoms with Crippen LogP contribution in [-0.2, 0) is 23.2 Å². The first-order valence-corrected chi connectivity index (χ1v) is 8.82. The summed E-state index contributed by atoms with van der Waals surface area (Å²) in [4.78, 5) is 40.9. The fourth-order valence-corrected chi connectivity index (χ4v) is 3.54. The van der Waals surface area contributed by atoms with Gasteiger partial charge in [0, 0.05) is 12.1 Å². The Morgan fingerprint density at radius 3 is 2.37 bits per heavy atom. The number of rotatable bonds is 3. The molecule has 27 heavy (non-hydrogen) atoms. The Morgan fingerprint density at radius 2 is 1.67 bits per heavy atom. The van der Waals surface area contributed by atoms with Crippen molar-refractivity contribution in [2.45, 2.75) is 6.54 Å². The number of hydrogen-bond acceptors (Lipinski definition) is 3. The minimum Gasteiger partial charge on any atom is -0.306 e. The zero-order valence-corrected chi connectivity index (χ0v) is 15.6. The van der Waals surface area contributed by atoms with Crippen LogP contribution in [0.2, 0.25) is 5.02 Å². The quantitative estimate of drug-likeness (QED) is 0.685. The second-order valence-corrected chi connectivity index (χ2v) is 7.05. The van der Waals surface area contributed by atoms with E-state index in [9.17, 15) is 14.4 Å². The maximum absolute atomic E-state index is 12.8. The van der Waals surface area contributed by atoms with Crippen molar-refractivity contribution < 1.29 is 9.59 Å². The molecule has 2 heterocycles. The van der Waals surface area contributed by atoms with E-state index in [-0.39, 0.29) is 22.8 Å². The molecule has 0 atom stereocenters. The van der Waals surface area contributed by atoms with Crippen LogP contribution in [0.4, 0.5) is 0 Å². The van der Waals surface area contributed by atoms with E-state index in [1.54, 1.807) is 49.5 Å². The molecule has 8 heteroatoms. The van der Waals surface area contributed by atoms with E-state index in [0.29, 0.717) is 21.7 Å². The normalized spacial score (nSPS) is 14.7. The topological polar surface area (TPSA) is 75.2 Å². The minimum absolute atomic E-state index is 0.0534. The Kier molecular flexibility index (Phi) is 4.17. The van der Waals surface area contributed by atoms with Crippen molar-refractivity contribution in [2.75, 3.05) is 0 Å². The summed E-state index contributed by atoms with van der Waals surface area (Å²) in [6.07, 6.45) is 0. The lowest BCUT2D eigenvalue weighted by molar-refractivity contribution is -0.137. The average Bonchev–Trinajstić information content (AvgIpc) is 3.04. The number of H-pyrrole nitrogens is 1. The van der Waals surface area contributed by atoms with E-state index in [0.717, 1.165) is 10.4 Å². The highest BCUT2D eigenvalue weighted by atomic mass is 35.5. The molecule has 1 N–H and O–H groups in total. The summed E-state index contributed by atoms with van der Waals surface area (Å²) in [6, 6.07) is 11.8. The molecule has 3 aromatic rings. The Morgan fingerprint density at radius 1 is 0.963 bits per heavy atom. The van der Waals surface area contributed by atoms with Crippen LogP contribution in [0.1, 0.15) is 11.1 Å². The molecular formula is C19H13Cl2N3O3. The zero-order valence-electron chi connectivity index (χ0n) is 14.1. The van der Waals surface area contributed by atoms with Gasteiger partial charge in [0.05, 0.1) is 23.2 Å². The van der Waals surface area contributed by atoms with Gasteiger partial charge < -0.3 is 4.98 Å². The van der Waals surface area contributed by atoms with Crippen molar-refractivity contribution in [1.29, 1.82) is 0 Å². The first kappa shape index (κ1) is 17.6. The fraction of sp³-hybridized carbons (Fsp3) is 0.105. The molecule has 0 unspecified atom stereocenters. The number of carbonyl (C=O) groups is 2. The highest BCUT2D eigenvalue weighted by Crippen LogP contribution is 2.33. The Hall–Kier alpha value is -2.83. The molecule has 0 aliphatic carbocycles. The third-order valence-electron chi connectivity index (χ3n) is 4.55. The van der Waals surface area contributed by atoms with Gasteiger partial charge in [-0.15, -0.1) is 0 Å². The lowest BCUT2D eigenvalue weighted by Gasteiger charge is -2.15. The number of imide groups is 1. The van der Waals surface area contributed by atoms with E-state index in [2.05, 4.69) is 4.98 Å². The summed E-state index contributed by atoms with van der Waals surface area (Å²) in [7, 11) is 1.66.